The number of carbonyl (C=O) groups excluding carboxylic acids is 2. The SMILES string of the molecule is Cc1ccccc1N(CCCC(=O)N(Cc1c(Cl)cccc1Cl)[C@@H](C)C(=O)NC1CCCC1)S(C)(=O)=O. The molecule has 1 fully saturated rings. The van der Waals surface area contributed by atoms with Crippen molar-refractivity contribution >= 4 is 50.7 Å². The van der Waals surface area contributed by atoms with Gasteiger partial charge in [0.05, 0.1) is 11.9 Å². The van der Waals surface area contributed by atoms with E-state index in [0.29, 0.717) is 21.3 Å². The summed E-state index contributed by atoms with van der Waals surface area (Å²) in [5.41, 5.74) is 1.98. The molecule has 0 aromatic heterocycles. The highest BCUT2D eigenvalue weighted by molar-refractivity contribution is 7.92. The zero-order valence-electron chi connectivity index (χ0n) is 21.5. The van der Waals surface area contributed by atoms with Crippen molar-refractivity contribution in [1.82, 2.24) is 10.2 Å². The number of nitrogens with zero attached hydrogens (tertiary/aromatic N) is 2. The van der Waals surface area contributed by atoms with Crippen LogP contribution in [0.15, 0.2) is 42.5 Å². The number of aryl methyl sites for hydroxylation is 1. The molecule has 2 aromatic carbocycles. The Balaban J connectivity index is 1.77. The number of hydrogen-bond donors (Lipinski definition) is 1. The van der Waals surface area contributed by atoms with Crippen LogP contribution in [-0.4, -0.2) is 50.0 Å². The zero-order chi connectivity index (χ0) is 27.2. The number of anilines is 1. The van der Waals surface area contributed by atoms with Gasteiger partial charge in [-0.05, 0) is 56.9 Å². The minimum Gasteiger partial charge on any atom is -0.352 e. The van der Waals surface area contributed by atoms with Gasteiger partial charge in [0.2, 0.25) is 21.8 Å². The molecule has 10 heteroatoms. The van der Waals surface area contributed by atoms with E-state index in [1.54, 1.807) is 37.3 Å². The fraction of sp³-hybridized carbons (Fsp3) is 0.481. The van der Waals surface area contributed by atoms with Crippen molar-refractivity contribution in [3.8, 4) is 0 Å². The van der Waals surface area contributed by atoms with Gasteiger partial charge in [-0.3, -0.25) is 13.9 Å². The van der Waals surface area contributed by atoms with Gasteiger partial charge in [0.15, 0.2) is 0 Å². The lowest BCUT2D eigenvalue weighted by Crippen LogP contribution is -2.49. The number of sulfonamides is 1. The molecule has 202 valence electrons. The van der Waals surface area contributed by atoms with Crippen molar-refractivity contribution in [3.05, 3.63) is 63.6 Å². The summed E-state index contributed by atoms with van der Waals surface area (Å²) in [5.74, 6) is -0.496. The third-order valence-electron chi connectivity index (χ3n) is 6.80. The van der Waals surface area contributed by atoms with Crippen molar-refractivity contribution < 1.29 is 18.0 Å². The van der Waals surface area contributed by atoms with Crippen LogP contribution in [-0.2, 0) is 26.2 Å². The lowest BCUT2D eigenvalue weighted by molar-refractivity contribution is -0.140. The van der Waals surface area contributed by atoms with E-state index in [2.05, 4.69) is 5.32 Å². The van der Waals surface area contributed by atoms with Gasteiger partial charge in [0.1, 0.15) is 6.04 Å². The van der Waals surface area contributed by atoms with Gasteiger partial charge in [-0.2, -0.15) is 0 Å². The molecule has 3 rings (SSSR count). The standard InChI is InChI=1S/C27H35Cl2N3O4S/c1-19-10-4-7-15-25(19)32(37(3,35)36)17-9-16-26(33)31(18-22-23(28)13-8-14-24(22)29)20(2)27(34)30-21-11-5-6-12-21/h4,7-8,10,13-15,20-21H,5-6,9,11-12,16-18H2,1-3H3,(H,30,34)/t20-/m0/s1. The summed E-state index contributed by atoms with van der Waals surface area (Å²) in [5, 5.41) is 3.89. The Bertz CT molecular complexity index is 1200. The van der Waals surface area contributed by atoms with Crippen LogP contribution in [0.5, 0.6) is 0 Å². The first-order valence-electron chi connectivity index (χ1n) is 12.5. The Kier molecular flexibility index (Phi) is 10.3. The summed E-state index contributed by atoms with van der Waals surface area (Å²) in [7, 11) is -3.55. The third-order valence-corrected chi connectivity index (χ3v) is 8.68. The minimum absolute atomic E-state index is 0.0566. The van der Waals surface area contributed by atoms with Crippen LogP contribution >= 0.6 is 23.2 Å². The fourth-order valence-corrected chi connectivity index (χ4v) is 6.19. The van der Waals surface area contributed by atoms with Gasteiger partial charge < -0.3 is 10.2 Å². The molecule has 37 heavy (non-hydrogen) atoms. The molecular weight excluding hydrogens is 533 g/mol. The van der Waals surface area contributed by atoms with E-state index >= 15 is 0 Å². The number of benzene rings is 2. The molecule has 2 aromatic rings. The Morgan fingerprint density at radius 3 is 2.27 bits per heavy atom. The molecule has 1 atom stereocenters. The number of nitrogens with one attached hydrogen (secondary N) is 1. The highest BCUT2D eigenvalue weighted by Crippen LogP contribution is 2.28. The summed E-state index contributed by atoms with van der Waals surface area (Å²) in [6.07, 6.45) is 5.52. The predicted octanol–water partition coefficient (Wildman–Crippen LogP) is 5.32. The van der Waals surface area contributed by atoms with Gasteiger partial charge in [0.25, 0.3) is 0 Å². The van der Waals surface area contributed by atoms with Crippen LogP contribution in [0.25, 0.3) is 0 Å². The van der Waals surface area contributed by atoms with E-state index in [-0.39, 0.29) is 43.8 Å². The Labute approximate surface area is 230 Å². The maximum atomic E-state index is 13.5. The van der Waals surface area contributed by atoms with E-state index in [0.717, 1.165) is 37.5 Å². The number of amides is 2. The van der Waals surface area contributed by atoms with Crippen molar-refractivity contribution in [3.63, 3.8) is 0 Å². The number of halogens is 2. The van der Waals surface area contributed by atoms with Crippen LogP contribution in [0.2, 0.25) is 10.0 Å². The second-order valence-corrected chi connectivity index (χ2v) is 12.3. The molecular formula is C27H35Cl2N3O4S. The first-order valence-corrected chi connectivity index (χ1v) is 15.2. The first-order chi connectivity index (χ1) is 17.5. The summed E-state index contributed by atoms with van der Waals surface area (Å²) in [6, 6.07) is 11.7. The molecule has 1 N–H and O–H groups in total. The summed E-state index contributed by atoms with van der Waals surface area (Å²) < 4.78 is 26.4. The Morgan fingerprint density at radius 2 is 1.68 bits per heavy atom. The fourth-order valence-electron chi connectivity index (χ4n) is 4.65. The van der Waals surface area contributed by atoms with Crippen LogP contribution in [0.1, 0.15) is 56.6 Å². The lowest BCUT2D eigenvalue weighted by Gasteiger charge is -2.31. The van der Waals surface area contributed by atoms with Gasteiger partial charge in [0, 0.05) is 41.2 Å². The number of carbonyl (C=O) groups is 2. The molecule has 0 unspecified atom stereocenters. The number of para-hydroxylation sites is 1. The Morgan fingerprint density at radius 1 is 1.05 bits per heavy atom. The van der Waals surface area contributed by atoms with Crippen molar-refractivity contribution in [2.45, 2.75) is 71.0 Å². The van der Waals surface area contributed by atoms with Crippen molar-refractivity contribution in [1.29, 1.82) is 0 Å². The summed E-state index contributed by atoms with van der Waals surface area (Å²) in [4.78, 5) is 28.0. The first kappa shape index (κ1) is 29.3. The molecule has 1 saturated carbocycles. The Hall–Kier alpha value is -2.29. The molecule has 0 spiro atoms. The van der Waals surface area contributed by atoms with Crippen molar-refractivity contribution in [2.75, 3.05) is 17.1 Å². The average Bonchev–Trinajstić information content (AvgIpc) is 3.34. The largest absolute Gasteiger partial charge is 0.352 e. The molecule has 0 bridgehead atoms. The van der Waals surface area contributed by atoms with Gasteiger partial charge in [-0.25, -0.2) is 8.42 Å². The second-order valence-electron chi connectivity index (χ2n) is 9.61. The molecule has 0 heterocycles. The zero-order valence-corrected chi connectivity index (χ0v) is 23.9. The van der Waals surface area contributed by atoms with Gasteiger partial charge in [-0.15, -0.1) is 0 Å². The lowest BCUT2D eigenvalue weighted by atomic mass is 10.1. The molecule has 1 aliphatic rings. The maximum absolute atomic E-state index is 13.5. The molecule has 0 aliphatic heterocycles. The highest BCUT2D eigenvalue weighted by Gasteiger charge is 2.29. The normalized spacial score (nSPS) is 14.8. The molecule has 7 nitrogen and oxygen atoms in total. The molecule has 1 aliphatic carbocycles. The molecule has 2 amide bonds. The third kappa shape index (κ3) is 7.85. The highest BCUT2D eigenvalue weighted by atomic mass is 35.5. The molecule has 0 radical (unpaired) electrons. The number of rotatable bonds is 11. The van der Waals surface area contributed by atoms with Crippen LogP contribution < -0.4 is 9.62 Å². The maximum Gasteiger partial charge on any atom is 0.242 e. The summed E-state index contributed by atoms with van der Waals surface area (Å²) in [6.45, 7) is 3.75. The van der Waals surface area contributed by atoms with E-state index in [1.165, 1.54) is 9.21 Å². The van der Waals surface area contributed by atoms with Crippen LogP contribution in [0.4, 0.5) is 5.69 Å². The van der Waals surface area contributed by atoms with E-state index in [1.807, 2.05) is 19.1 Å². The van der Waals surface area contributed by atoms with Crippen LogP contribution in [0.3, 0.4) is 0 Å². The average molecular weight is 569 g/mol. The smallest absolute Gasteiger partial charge is 0.242 e. The van der Waals surface area contributed by atoms with Crippen molar-refractivity contribution in [2.24, 2.45) is 0 Å². The number of hydrogen-bond acceptors (Lipinski definition) is 4. The monoisotopic (exact) mass is 567 g/mol. The second kappa shape index (κ2) is 13.0. The van der Waals surface area contributed by atoms with E-state index < -0.39 is 16.1 Å². The van der Waals surface area contributed by atoms with Gasteiger partial charge in [-0.1, -0.05) is 60.3 Å². The van der Waals surface area contributed by atoms with E-state index in [9.17, 15) is 18.0 Å². The quantitative estimate of drug-likeness (QED) is 0.398. The minimum atomic E-state index is -3.55. The summed E-state index contributed by atoms with van der Waals surface area (Å²) >= 11 is 12.8. The van der Waals surface area contributed by atoms with Crippen LogP contribution in [0, 0.1) is 6.92 Å². The van der Waals surface area contributed by atoms with E-state index in [4.69, 9.17) is 23.2 Å². The predicted molar refractivity (Wildman–Crippen MR) is 149 cm³/mol. The molecule has 0 saturated heterocycles. The van der Waals surface area contributed by atoms with Gasteiger partial charge >= 0.3 is 0 Å². The topological polar surface area (TPSA) is 86.8 Å².